The molecule has 32 heavy (non-hydrogen) atoms. The van der Waals surface area contributed by atoms with Crippen molar-refractivity contribution >= 4 is 50.9 Å². The number of anilines is 3. The molecule has 3 N–H and O–H groups in total. The van der Waals surface area contributed by atoms with Crippen LogP contribution in [0.5, 0.6) is 5.75 Å². The maximum atomic E-state index is 12.7. The number of rotatable bonds is 4. The summed E-state index contributed by atoms with van der Waals surface area (Å²) in [5.41, 5.74) is 7.61. The molecule has 3 aromatic rings. The second-order valence-corrected chi connectivity index (χ2v) is 8.26. The number of piperazine rings is 1. The van der Waals surface area contributed by atoms with Gasteiger partial charge in [-0.2, -0.15) is 4.98 Å². The molecule has 1 aromatic carbocycles. The van der Waals surface area contributed by atoms with Gasteiger partial charge < -0.3 is 30.3 Å². The Balaban J connectivity index is 1.31. The molecule has 5 rings (SSSR count). The SMILES string of the molecule is COc1ccc(NC(=O)N2CCN(c3nc(N)nc4scc(C5=NCCO5)c34)CC2)cc1. The number of nitrogen functional groups attached to an aromatic ring is 1. The van der Waals surface area contributed by atoms with Crippen molar-refractivity contribution in [2.75, 3.05) is 62.4 Å². The topological polar surface area (TPSA) is 118 Å². The van der Waals surface area contributed by atoms with Crippen LogP contribution >= 0.6 is 11.3 Å². The summed E-state index contributed by atoms with van der Waals surface area (Å²) in [5.74, 6) is 2.37. The van der Waals surface area contributed by atoms with Gasteiger partial charge in [0.15, 0.2) is 0 Å². The van der Waals surface area contributed by atoms with Crippen molar-refractivity contribution in [2.45, 2.75) is 0 Å². The number of thiophene rings is 1. The summed E-state index contributed by atoms with van der Waals surface area (Å²) < 4.78 is 10.8. The number of hydrogen-bond acceptors (Lipinski definition) is 9. The number of nitrogens with two attached hydrogens (primary N) is 1. The summed E-state index contributed by atoms with van der Waals surface area (Å²) >= 11 is 1.50. The van der Waals surface area contributed by atoms with Gasteiger partial charge in [0.1, 0.15) is 23.0 Å². The smallest absolute Gasteiger partial charge is 0.321 e. The van der Waals surface area contributed by atoms with E-state index in [0.717, 1.165) is 33.0 Å². The average molecular weight is 454 g/mol. The number of ether oxygens (including phenoxy) is 2. The molecule has 2 aliphatic rings. The van der Waals surface area contributed by atoms with Crippen LogP contribution in [0.1, 0.15) is 5.56 Å². The van der Waals surface area contributed by atoms with E-state index in [1.165, 1.54) is 11.3 Å². The largest absolute Gasteiger partial charge is 0.497 e. The van der Waals surface area contributed by atoms with Crippen LogP contribution in [0.25, 0.3) is 10.2 Å². The molecular formula is C21H23N7O3S. The zero-order chi connectivity index (χ0) is 22.1. The third-order valence-corrected chi connectivity index (χ3v) is 6.33. The van der Waals surface area contributed by atoms with Crippen molar-refractivity contribution in [3.8, 4) is 5.75 Å². The Bertz CT molecular complexity index is 1170. The molecule has 1 fully saturated rings. The molecule has 1 saturated heterocycles. The van der Waals surface area contributed by atoms with Gasteiger partial charge in [0.2, 0.25) is 11.8 Å². The molecule has 0 atom stereocenters. The normalized spacial score (nSPS) is 16.1. The number of amides is 2. The lowest BCUT2D eigenvalue weighted by Crippen LogP contribution is -2.50. The van der Waals surface area contributed by atoms with Crippen LogP contribution in [0.2, 0.25) is 0 Å². The van der Waals surface area contributed by atoms with E-state index in [2.05, 4.69) is 25.2 Å². The van der Waals surface area contributed by atoms with E-state index in [4.69, 9.17) is 15.2 Å². The number of carbonyl (C=O) groups is 1. The van der Waals surface area contributed by atoms with Crippen LogP contribution in [0.4, 0.5) is 22.2 Å². The standard InChI is InChI=1S/C21H23N7O3S/c1-30-14-4-2-13(3-5-14)24-21(29)28-9-7-27(8-10-28)17-16-15(18-23-6-11-31-18)12-32-19(16)26-20(22)25-17/h2-5,12H,6-11H2,1H3,(H,24,29)(H2,22,25,26). The van der Waals surface area contributed by atoms with E-state index in [-0.39, 0.29) is 12.0 Å². The van der Waals surface area contributed by atoms with Gasteiger partial charge in [0.25, 0.3) is 0 Å². The number of aromatic nitrogens is 2. The molecule has 0 unspecified atom stereocenters. The number of urea groups is 1. The van der Waals surface area contributed by atoms with Gasteiger partial charge in [0.05, 0.1) is 24.6 Å². The monoisotopic (exact) mass is 453 g/mol. The highest BCUT2D eigenvalue weighted by molar-refractivity contribution is 7.17. The molecule has 0 radical (unpaired) electrons. The molecule has 4 heterocycles. The molecule has 0 saturated carbocycles. The summed E-state index contributed by atoms with van der Waals surface area (Å²) in [7, 11) is 1.61. The summed E-state index contributed by atoms with van der Waals surface area (Å²) in [4.78, 5) is 30.8. The van der Waals surface area contributed by atoms with E-state index in [1.807, 2.05) is 29.6 Å². The number of aliphatic imine (C=N–C) groups is 1. The molecule has 0 aliphatic carbocycles. The first-order chi connectivity index (χ1) is 15.6. The Kier molecular flexibility index (Phi) is 5.39. The van der Waals surface area contributed by atoms with Gasteiger partial charge in [-0.3, -0.25) is 0 Å². The van der Waals surface area contributed by atoms with Crippen LogP contribution in [0, 0.1) is 0 Å². The number of nitrogens with zero attached hydrogens (tertiary/aromatic N) is 5. The summed E-state index contributed by atoms with van der Waals surface area (Å²) in [6.07, 6.45) is 0. The van der Waals surface area contributed by atoms with Crippen molar-refractivity contribution < 1.29 is 14.3 Å². The quantitative estimate of drug-likeness (QED) is 0.623. The van der Waals surface area contributed by atoms with Crippen LogP contribution in [0.3, 0.4) is 0 Å². The van der Waals surface area contributed by atoms with Gasteiger partial charge in [0, 0.05) is 37.2 Å². The third-order valence-electron chi connectivity index (χ3n) is 5.46. The van der Waals surface area contributed by atoms with E-state index in [9.17, 15) is 4.79 Å². The molecule has 2 aromatic heterocycles. The highest BCUT2D eigenvalue weighted by Crippen LogP contribution is 2.34. The van der Waals surface area contributed by atoms with Crippen molar-refractivity contribution in [3.05, 3.63) is 35.2 Å². The molecule has 0 spiro atoms. The first-order valence-corrected chi connectivity index (χ1v) is 11.2. The Morgan fingerprint density at radius 1 is 1.19 bits per heavy atom. The zero-order valence-electron chi connectivity index (χ0n) is 17.6. The van der Waals surface area contributed by atoms with Gasteiger partial charge in [-0.25, -0.2) is 14.8 Å². The van der Waals surface area contributed by atoms with E-state index < -0.39 is 0 Å². The summed E-state index contributed by atoms with van der Waals surface area (Å²) in [5, 5.41) is 5.83. The molecule has 11 heteroatoms. The molecule has 2 aliphatic heterocycles. The Morgan fingerprint density at radius 3 is 2.66 bits per heavy atom. The minimum absolute atomic E-state index is 0.132. The highest BCUT2D eigenvalue weighted by Gasteiger charge is 2.27. The molecule has 10 nitrogen and oxygen atoms in total. The fourth-order valence-corrected chi connectivity index (χ4v) is 4.74. The number of methoxy groups -OCH3 is 1. The minimum Gasteiger partial charge on any atom is -0.497 e. The minimum atomic E-state index is -0.132. The van der Waals surface area contributed by atoms with E-state index in [1.54, 1.807) is 12.0 Å². The molecule has 2 amide bonds. The maximum Gasteiger partial charge on any atom is 0.321 e. The molecule has 0 bridgehead atoms. The number of hydrogen-bond donors (Lipinski definition) is 2. The zero-order valence-corrected chi connectivity index (χ0v) is 18.4. The third kappa shape index (κ3) is 3.86. The second-order valence-electron chi connectivity index (χ2n) is 7.40. The van der Waals surface area contributed by atoms with Gasteiger partial charge in [-0.1, -0.05) is 0 Å². The number of benzene rings is 1. The van der Waals surface area contributed by atoms with Crippen LogP contribution in [-0.2, 0) is 4.74 Å². The number of nitrogens with one attached hydrogen (secondary N) is 1. The van der Waals surface area contributed by atoms with Crippen molar-refractivity contribution in [3.63, 3.8) is 0 Å². The lowest BCUT2D eigenvalue weighted by atomic mass is 10.2. The first kappa shape index (κ1) is 20.3. The van der Waals surface area contributed by atoms with Crippen molar-refractivity contribution in [1.82, 2.24) is 14.9 Å². The van der Waals surface area contributed by atoms with Crippen molar-refractivity contribution in [1.29, 1.82) is 0 Å². The van der Waals surface area contributed by atoms with Crippen LogP contribution in [0.15, 0.2) is 34.6 Å². The van der Waals surface area contributed by atoms with E-state index in [0.29, 0.717) is 45.2 Å². The lowest BCUT2D eigenvalue weighted by Gasteiger charge is -2.35. The molecular weight excluding hydrogens is 430 g/mol. The van der Waals surface area contributed by atoms with Gasteiger partial charge >= 0.3 is 6.03 Å². The van der Waals surface area contributed by atoms with Gasteiger partial charge in [-0.05, 0) is 24.3 Å². The predicted molar refractivity (Wildman–Crippen MR) is 125 cm³/mol. The average Bonchev–Trinajstić information content (AvgIpc) is 3.49. The van der Waals surface area contributed by atoms with Crippen molar-refractivity contribution in [2.24, 2.45) is 4.99 Å². The predicted octanol–water partition coefficient (Wildman–Crippen LogP) is 2.41. The van der Waals surface area contributed by atoms with Crippen LogP contribution in [-0.4, -0.2) is 73.2 Å². The van der Waals surface area contributed by atoms with Gasteiger partial charge in [-0.15, -0.1) is 11.3 Å². The fraction of sp³-hybridized carbons (Fsp3) is 0.333. The highest BCUT2D eigenvalue weighted by atomic mass is 32.1. The Hall–Kier alpha value is -3.60. The number of carbonyl (C=O) groups excluding carboxylic acids is 1. The fourth-order valence-electron chi connectivity index (χ4n) is 3.82. The lowest BCUT2D eigenvalue weighted by molar-refractivity contribution is 0.208. The Morgan fingerprint density at radius 2 is 1.97 bits per heavy atom. The maximum absolute atomic E-state index is 12.7. The molecule has 166 valence electrons. The summed E-state index contributed by atoms with van der Waals surface area (Å²) in [6, 6.07) is 7.13. The Labute approximate surface area is 188 Å². The number of fused-ring (bicyclic) bond motifs is 1. The van der Waals surface area contributed by atoms with E-state index >= 15 is 0 Å². The second kappa shape index (κ2) is 8.50. The summed E-state index contributed by atoms with van der Waals surface area (Å²) in [6.45, 7) is 3.61. The van der Waals surface area contributed by atoms with Crippen LogP contribution < -0.4 is 20.7 Å². The first-order valence-electron chi connectivity index (χ1n) is 10.3.